The summed E-state index contributed by atoms with van der Waals surface area (Å²) in [6.45, 7) is 0. The smallest absolute Gasteiger partial charge is 0.336 e. The van der Waals surface area contributed by atoms with Crippen LogP contribution in [0.2, 0.25) is 0 Å². The predicted octanol–water partition coefficient (Wildman–Crippen LogP) is 1.77. The molecule has 1 aromatic carbocycles. The highest BCUT2D eigenvalue weighted by Gasteiger charge is 2.12. The molecular weight excluding hydrogens is 208 g/mol. The van der Waals surface area contributed by atoms with Crippen molar-refractivity contribution in [2.45, 2.75) is 0 Å². The van der Waals surface area contributed by atoms with Crippen LogP contribution in [0.4, 0.5) is 6.01 Å². The number of nitrogens with one attached hydrogen (secondary N) is 1. The lowest BCUT2D eigenvalue weighted by Crippen LogP contribution is -2.06. The van der Waals surface area contributed by atoms with Gasteiger partial charge in [-0.15, -0.1) is 0 Å². The summed E-state index contributed by atoms with van der Waals surface area (Å²) < 4.78 is 10.4. The Bertz CT molecular complexity index is 595. The number of hydrazine groups is 1. The molecule has 2 aromatic heterocycles. The van der Waals surface area contributed by atoms with Crippen LogP contribution in [-0.2, 0) is 0 Å². The maximum absolute atomic E-state index is 5.56. The fourth-order valence-electron chi connectivity index (χ4n) is 1.47. The summed E-state index contributed by atoms with van der Waals surface area (Å²) in [5.41, 5.74) is 3.05. The van der Waals surface area contributed by atoms with Crippen molar-refractivity contribution in [1.29, 1.82) is 0 Å². The molecule has 3 aromatic rings. The summed E-state index contributed by atoms with van der Waals surface area (Å²) in [6.07, 6.45) is 0. The van der Waals surface area contributed by atoms with E-state index < -0.39 is 0 Å². The van der Waals surface area contributed by atoms with E-state index in [0.29, 0.717) is 11.6 Å². The SMILES string of the molecule is NNc1nc(-c2cc3ccccc3o2)no1. The predicted molar refractivity (Wildman–Crippen MR) is 57.3 cm³/mol. The molecule has 0 radical (unpaired) electrons. The third-order valence-corrected chi connectivity index (χ3v) is 2.20. The molecule has 0 aliphatic carbocycles. The molecule has 2 heterocycles. The maximum Gasteiger partial charge on any atom is 0.336 e. The van der Waals surface area contributed by atoms with E-state index in [2.05, 4.69) is 15.6 Å². The number of fused-ring (bicyclic) bond motifs is 1. The van der Waals surface area contributed by atoms with Crippen LogP contribution in [0.15, 0.2) is 39.3 Å². The molecule has 0 amide bonds. The molecule has 6 heteroatoms. The minimum atomic E-state index is 0.149. The maximum atomic E-state index is 5.56. The van der Waals surface area contributed by atoms with Crippen molar-refractivity contribution in [3.63, 3.8) is 0 Å². The van der Waals surface area contributed by atoms with E-state index in [4.69, 9.17) is 14.8 Å². The highest BCUT2D eigenvalue weighted by atomic mass is 16.5. The molecule has 0 aliphatic rings. The molecule has 0 bridgehead atoms. The van der Waals surface area contributed by atoms with Gasteiger partial charge in [0.15, 0.2) is 5.76 Å². The molecule has 6 nitrogen and oxygen atoms in total. The second kappa shape index (κ2) is 3.35. The average Bonchev–Trinajstić information content (AvgIpc) is 2.95. The number of nitrogens with two attached hydrogens (primary N) is 1. The van der Waals surface area contributed by atoms with Crippen LogP contribution < -0.4 is 11.3 Å². The fourth-order valence-corrected chi connectivity index (χ4v) is 1.47. The zero-order chi connectivity index (χ0) is 11.0. The Kier molecular flexibility index (Phi) is 1.87. The number of hydrogen-bond donors (Lipinski definition) is 2. The van der Waals surface area contributed by atoms with Crippen molar-refractivity contribution >= 4 is 17.0 Å². The number of anilines is 1. The van der Waals surface area contributed by atoms with Crippen molar-refractivity contribution in [1.82, 2.24) is 10.1 Å². The lowest BCUT2D eigenvalue weighted by molar-refractivity contribution is 0.430. The number of nitrogens with zero attached hydrogens (tertiary/aromatic N) is 2. The van der Waals surface area contributed by atoms with Gasteiger partial charge in [-0.3, -0.25) is 5.43 Å². The standard InChI is InChI=1S/C10H8N4O2/c11-13-10-12-9(14-16-10)8-5-6-3-1-2-4-7(6)15-8/h1-5H,11H2,(H,12,13,14). The Morgan fingerprint density at radius 3 is 2.88 bits per heavy atom. The van der Waals surface area contributed by atoms with Crippen LogP contribution in [0.5, 0.6) is 0 Å². The number of benzene rings is 1. The van der Waals surface area contributed by atoms with Gasteiger partial charge in [-0.25, -0.2) is 5.84 Å². The molecule has 3 N–H and O–H groups in total. The molecule has 0 saturated carbocycles. The van der Waals surface area contributed by atoms with E-state index >= 15 is 0 Å². The van der Waals surface area contributed by atoms with Crippen LogP contribution in [-0.4, -0.2) is 10.1 Å². The fraction of sp³-hybridized carbons (Fsp3) is 0. The first-order chi connectivity index (χ1) is 7.86. The van der Waals surface area contributed by atoms with Crippen molar-refractivity contribution in [3.8, 4) is 11.6 Å². The minimum Gasteiger partial charge on any atom is -0.453 e. The van der Waals surface area contributed by atoms with Gasteiger partial charge in [-0.05, 0) is 12.1 Å². The lowest BCUT2D eigenvalue weighted by atomic mass is 10.2. The topological polar surface area (TPSA) is 90.1 Å². The number of aromatic nitrogens is 2. The van der Waals surface area contributed by atoms with E-state index in [9.17, 15) is 0 Å². The van der Waals surface area contributed by atoms with Gasteiger partial charge in [-0.2, -0.15) is 4.98 Å². The number of para-hydroxylation sites is 1. The van der Waals surface area contributed by atoms with Crippen LogP contribution in [0.1, 0.15) is 0 Å². The molecule has 0 aliphatic heterocycles. The van der Waals surface area contributed by atoms with Crippen molar-refractivity contribution in [2.75, 3.05) is 5.43 Å². The van der Waals surface area contributed by atoms with Crippen molar-refractivity contribution < 1.29 is 8.94 Å². The highest BCUT2D eigenvalue weighted by Crippen LogP contribution is 2.25. The average molecular weight is 216 g/mol. The van der Waals surface area contributed by atoms with Gasteiger partial charge in [0.25, 0.3) is 0 Å². The Morgan fingerprint density at radius 1 is 1.25 bits per heavy atom. The van der Waals surface area contributed by atoms with Crippen molar-refractivity contribution in [3.05, 3.63) is 30.3 Å². The van der Waals surface area contributed by atoms with E-state index in [0.717, 1.165) is 11.0 Å². The molecular formula is C10H8N4O2. The summed E-state index contributed by atoms with van der Waals surface area (Å²) in [4.78, 5) is 3.99. The van der Waals surface area contributed by atoms with E-state index in [-0.39, 0.29) is 6.01 Å². The molecule has 3 rings (SSSR count). The Hall–Kier alpha value is -2.34. The largest absolute Gasteiger partial charge is 0.453 e. The number of hydrogen-bond acceptors (Lipinski definition) is 6. The molecule has 0 fully saturated rings. The molecule has 0 atom stereocenters. The van der Waals surface area contributed by atoms with Gasteiger partial charge in [0, 0.05) is 5.39 Å². The number of nitrogen functional groups attached to an aromatic ring is 1. The van der Waals surface area contributed by atoms with E-state index in [1.807, 2.05) is 30.3 Å². The van der Waals surface area contributed by atoms with Crippen LogP contribution in [0.25, 0.3) is 22.6 Å². The molecule has 80 valence electrons. The van der Waals surface area contributed by atoms with Crippen LogP contribution in [0.3, 0.4) is 0 Å². The first-order valence-corrected chi connectivity index (χ1v) is 4.66. The quantitative estimate of drug-likeness (QED) is 0.501. The second-order valence-electron chi connectivity index (χ2n) is 3.22. The van der Waals surface area contributed by atoms with Crippen molar-refractivity contribution in [2.24, 2.45) is 5.84 Å². The Morgan fingerprint density at radius 2 is 2.12 bits per heavy atom. The number of rotatable bonds is 2. The molecule has 0 saturated heterocycles. The summed E-state index contributed by atoms with van der Waals surface area (Å²) in [5.74, 6) is 6.05. The summed E-state index contributed by atoms with van der Waals surface area (Å²) >= 11 is 0. The van der Waals surface area contributed by atoms with Gasteiger partial charge < -0.3 is 8.94 Å². The zero-order valence-electron chi connectivity index (χ0n) is 8.18. The van der Waals surface area contributed by atoms with E-state index in [1.54, 1.807) is 0 Å². The third-order valence-electron chi connectivity index (χ3n) is 2.20. The van der Waals surface area contributed by atoms with Gasteiger partial charge in [0.05, 0.1) is 0 Å². The first-order valence-electron chi connectivity index (χ1n) is 4.66. The normalized spacial score (nSPS) is 10.8. The first kappa shape index (κ1) is 8.93. The highest BCUT2D eigenvalue weighted by molar-refractivity contribution is 5.81. The van der Waals surface area contributed by atoms with Gasteiger partial charge in [0.1, 0.15) is 5.58 Å². The number of furan rings is 1. The summed E-state index contributed by atoms with van der Waals surface area (Å²) in [5, 5.41) is 4.72. The monoisotopic (exact) mass is 216 g/mol. The molecule has 0 spiro atoms. The third kappa shape index (κ3) is 1.32. The second-order valence-corrected chi connectivity index (χ2v) is 3.22. The van der Waals surface area contributed by atoms with Gasteiger partial charge in [0.2, 0.25) is 5.82 Å². The molecule has 0 unspecified atom stereocenters. The lowest BCUT2D eigenvalue weighted by Gasteiger charge is -1.85. The zero-order valence-corrected chi connectivity index (χ0v) is 8.18. The summed E-state index contributed by atoms with van der Waals surface area (Å²) in [6, 6.07) is 9.66. The Balaban J connectivity index is 2.11. The summed E-state index contributed by atoms with van der Waals surface area (Å²) in [7, 11) is 0. The van der Waals surface area contributed by atoms with Gasteiger partial charge in [-0.1, -0.05) is 23.4 Å². The minimum absolute atomic E-state index is 0.149. The Labute approximate surface area is 90.0 Å². The molecule has 16 heavy (non-hydrogen) atoms. The van der Waals surface area contributed by atoms with E-state index in [1.165, 1.54) is 0 Å². The van der Waals surface area contributed by atoms with Gasteiger partial charge >= 0.3 is 6.01 Å². The van der Waals surface area contributed by atoms with Crippen LogP contribution >= 0.6 is 0 Å². The van der Waals surface area contributed by atoms with Crippen LogP contribution in [0, 0.1) is 0 Å².